The van der Waals surface area contributed by atoms with Gasteiger partial charge in [0.2, 0.25) is 0 Å². The van der Waals surface area contributed by atoms with Gasteiger partial charge in [-0.05, 0) is 24.5 Å². The average molecular weight is 330 g/mol. The van der Waals surface area contributed by atoms with Crippen molar-refractivity contribution in [1.29, 1.82) is 0 Å². The number of nitrogens with zero attached hydrogens (tertiary/aromatic N) is 1. The Balaban J connectivity index is 2.24. The lowest BCUT2D eigenvalue weighted by molar-refractivity contribution is -0.136. The lowest BCUT2D eigenvalue weighted by Gasteiger charge is -2.23. The summed E-state index contributed by atoms with van der Waals surface area (Å²) in [5, 5.41) is 2.74. The summed E-state index contributed by atoms with van der Waals surface area (Å²) in [6, 6.07) is 7.19. The molecule has 0 unspecified atom stereocenters. The normalized spacial score (nSPS) is 21.1. The Kier molecular flexibility index (Phi) is 4.83. The van der Waals surface area contributed by atoms with Gasteiger partial charge in [0, 0.05) is 5.41 Å². The number of urea groups is 1. The molecule has 1 aliphatic heterocycles. The van der Waals surface area contributed by atoms with Gasteiger partial charge in [-0.1, -0.05) is 58.4 Å². The van der Waals surface area contributed by atoms with Crippen LogP contribution in [-0.4, -0.2) is 29.2 Å². The van der Waals surface area contributed by atoms with Gasteiger partial charge in [0.15, 0.2) is 5.78 Å². The molecule has 1 atom stereocenters. The fourth-order valence-corrected chi connectivity index (χ4v) is 2.71. The minimum Gasteiger partial charge on any atom is -0.319 e. The number of hydrogen-bond acceptors (Lipinski definition) is 3. The summed E-state index contributed by atoms with van der Waals surface area (Å²) in [4.78, 5) is 38.3. The van der Waals surface area contributed by atoms with Crippen molar-refractivity contribution in [2.45, 2.75) is 53.0 Å². The second-order valence-electron chi connectivity index (χ2n) is 7.57. The highest BCUT2D eigenvalue weighted by molar-refractivity contribution is 6.09. The van der Waals surface area contributed by atoms with Crippen molar-refractivity contribution in [1.82, 2.24) is 10.2 Å². The number of ketones is 1. The number of carbonyl (C=O) groups excluding carboxylic acids is 3. The van der Waals surface area contributed by atoms with Crippen LogP contribution in [-0.2, 0) is 21.5 Å². The molecule has 1 fully saturated rings. The Bertz CT molecular complexity index is 658. The molecule has 0 aromatic heterocycles. The van der Waals surface area contributed by atoms with E-state index in [-0.39, 0.29) is 18.2 Å². The van der Waals surface area contributed by atoms with Crippen LogP contribution >= 0.6 is 0 Å². The SMILES string of the molecule is CCCc1ccc([C@@]2(C)NC(=O)N(CC(=O)C(C)(C)C)C2=O)cc1. The quantitative estimate of drug-likeness (QED) is 0.844. The smallest absolute Gasteiger partial charge is 0.319 e. The highest BCUT2D eigenvalue weighted by Gasteiger charge is 2.49. The Morgan fingerprint density at radius 3 is 2.25 bits per heavy atom. The van der Waals surface area contributed by atoms with Crippen molar-refractivity contribution in [2.75, 3.05) is 6.54 Å². The summed E-state index contributed by atoms with van der Waals surface area (Å²) >= 11 is 0. The molecule has 5 nitrogen and oxygen atoms in total. The molecular formula is C19H26N2O3. The molecule has 1 heterocycles. The van der Waals surface area contributed by atoms with Gasteiger partial charge in [-0.2, -0.15) is 0 Å². The molecule has 1 saturated heterocycles. The number of Topliss-reactive ketones (excluding diaryl/α,β-unsaturated/α-hetero) is 1. The van der Waals surface area contributed by atoms with E-state index >= 15 is 0 Å². The van der Waals surface area contributed by atoms with Crippen LogP contribution in [0.4, 0.5) is 4.79 Å². The molecule has 0 spiro atoms. The second-order valence-corrected chi connectivity index (χ2v) is 7.57. The number of carbonyl (C=O) groups is 3. The van der Waals surface area contributed by atoms with Crippen LogP contribution in [0, 0.1) is 5.41 Å². The van der Waals surface area contributed by atoms with Crippen molar-refractivity contribution in [3.63, 3.8) is 0 Å². The first-order valence-electron chi connectivity index (χ1n) is 8.36. The maximum absolute atomic E-state index is 12.8. The molecule has 0 aliphatic carbocycles. The number of hydrogen-bond donors (Lipinski definition) is 1. The number of nitrogens with one attached hydrogen (secondary N) is 1. The molecule has 24 heavy (non-hydrogen) atoms. The first-order valence-corrected chi connectivity index (χ1v) is 8.36. The topological polar surface area (TPSA) is 66.5 Å². The van der Waals surface area contributed by atoms with E-state index in [4.69, 9.17) is 0 Å². The molecule has 1 aromatic rings. The lowest BCUT2D eigenvalue weighted by Crippen LogP contribution is -2.42. The average Bonchev–Trinajstić information content (AvgIpc) is 2.71. The van der Waals surface area contributed by atoms with Crippen molar-refractivity contribution in [2.24, 2.45) is 5.41 Å². The Labute approximate surface area is 143 Å². The van der Waals surface area contributed by atoms with E-state index in [1.165, 1.54) is 5.56 Å². The van der Waals surface area contributed by atoms with E-state index in [9.17, 15) is 14.4 Å². The van der Waals surface area contributed by atoms with Crippen LogP contribution in [0.2, 0.25) is 0 Å². The number of imide groups is 1. The molecule has 3 amide bonds. The third kappa shape index (κ3) is 3.35. The summed E-state index contributed by atoms with van der Waals surface area (Å²) < 4.78 is 0. The third-order valence-electron chi connectivity index (χ3n) is 4.48. The summed E-state index contributed by atoms with van der Waals surface area (Å²) in [5.74, 6) is -0.526. The van der Waals surface area contributed by atoms with Crippen molar-refractivity contribution in [3.8, 4) is 0 Å². The van der Waals surface area contributed by atoms with E-state index in [0.29, 0.717) is 0 Å². The number of benzene rings is 1. The standard InChI is InChI=1S/C19H26N2O3/c1-6-7-13-8-10-14(11-9-13)19(5)16(23)21(17(24)20-19)12-15(22)18(2,3)4/h8-11H,6-7,12H2,1-5H3,(H,20,24)/t19-/m1/s1. The van der Waals surface area contributed by atoms with Gasteiger partial charge >= 0.3 is 6.03 Å². The predicted molar refractivity (Wildman–Crippen MR) is 92.5 cm³/mol. The molecule has 130 valence electrons. The van der Waals surface area contributed by atoms with Gasteiger partial charge in [0.25, 0.3) is 5.91 Å². The van der Waals surface area contributed by atoms with E-state index in [1.54, 1.807) is 27.7 Å². The molecule has 0 radical (unpaired) electrons. The van der Waals surface area contributed by atoms with E-state index in [0.717, 1.165) is 23.3 Å². The van der Waals surface area contributed by atoms with E-state index in [2.05, 4.69) is 12.2 Å². The van der Waals surface area contributed by atoms with Gasteiger partial charge in [0.05, 0.1) is 6.54 Å². The number of aryl methyl sites for hydroxylation is 1. The first kappa shape index (κ1) is 18.2. The Morgan fingerprint density at radius 1 is 1.17 bits per heavy atom. The monoisotopic (exact) mass is 330 g/mol. The number of amides is 3. The highest BCUT2D eigenvalue weighted by Crippen LogP contribution is 2.30. The predicted octanol–water partition coefficient (Wildman–Crippen LogP) is 3.02. The maximum Gasteiger partial charge on any atom is 0.325 e. The van der Waals surface area contributed by atoms with Gasteiger partial charge in [0.1, 0.15) is 5.54 Å². The van der Waals surface area contributed by atoms with E-state index in [1.807, 2.05) is 24.3 Å². The van der Waals surface area contributed by atoms with Crippen molar-refractivity contribution >= 4 is 17.7 Å². The minimum atomic E-state index is -1.13. The molecule has 5 heteroatoms. The van der Waals surface area contributed by atoms with Gasteiger partial charge in [-0.25, -0.2) is 4.79 Å². The Morgan fingerprint density at radius 2 is 1.75 bits per heavy atom. The van der Waals surface area contributed by atoms with Crippen molar-refractivity contribution < 1.29 is 14.4 Å². The van der Waals surface area contributed by atoms with Crippen LogP contribution in [0.25, 0.3) is 0 Å². The second kappa shape index (κ2) is 6.38. The fraction of sp³-hybridized carbons (Fsp3) is 0.526. The molecule has 1 aromatic carbocycles. The molecular weight excluding hydrogens is 304 g/mol. The highest BCUT2D eigenvalue weighted by atomic mass is 16.2. The van der Waals surface area contributed by atoms with Crippen LogP contribution in [0.15, 0.2) is 24.3 Å². The van der Waals surface area contributed by atoms with Gasteiger partial charge in [-0.15, -0.1) is 0 Å². The first-order chi connectivity index (χ1) is 11.1. The minimum absolute atomic E-state index is 0.145. The van der Waals surface area contributed by atoms with Gasteiger partial charge < -0.3 is 5.32 Å². The van der Waals surface area contributed by atoms with Gasteiger partial charge in [-0.3, -0.25) is 14.5 Å². The van der Waals surface area contributed by atoms with Crippen LogP contribution in [0.1, 0.15) is 52.2 Å². The molecule has 1 N–H and O–H groups in total. The summed E-state index contributed by atoms with van der Waals surface area (Å²) in [6.07, 6.45) is 2.03. The molecule has 1 aliphatic rings. The zero-order valence-electron chi connectivity index (χ0n) is 15.1. The molecule has 2 rings (SSSR count). The van der Waals surface area contributed by atoms with Crippen LogP contribution in [0.5, 0.6) is 0 Å². The zero-order chi connectivity index (χ0) is 18.1. The summed E-state index contributed by atoms with van der Waals surface area (Å²) in [7, 11) is 0. The van der Waals surface area contributed by atoms with Crippen molar-refractivity contribution in [3.05, 3.63) is 35.4 Å². The third-order valence-corrected chi connectivity index (χ3v) is 4.48. The van der Waals surface area contributed by atoms with Crippen LogP contribution in [0.3, 0.4) is 0 Å². The van der Waals surface area contributed by atoms with Crippen LogP contribution < -0.4 is 5.32 Å². The fourth-order valence-electron chi connectivity index (χ4n) is 2.71. The van der Waals surface area contributed by atoms with E-state index < -0.39 is 17.0 Å². The Hall–Kier alpha value is -2.17. The summed E-state index contributed by atoms with van der Waals surface area (Å²) in [5.41, 5.74) is 0.203. The summed E-state index contributed by atoms with van der Waals surface area (Å²) in [6.45, 7) is 8.93. The zero-order valence-corrected chi connectivity index (χ0v) is 15.1. The molecule has 0 bridgehead atoms. The lowest BCUT2D eigenvalue weighted by atomic mass is 9.89. The molecule has 0 saturated carbocycles. The maximum atomic E-state index is 12.8. The largest absolute Gasteiger partial charge is 0.325 e. The number of rotatable bonds is 5.